The molecule has 3 aromatic carbocycles. The van der Waals surface area contributed by atoms with Crippen molar-refractivity contribution in [3.05, 3.63) is 83.4 Å². The Morgan fingerprint density at radius 2 is 1.67 bits per heavy atom. The van der Waals surface area contributed by atoms with E-state index in [9.17, 15) is 4.79 Å². The fourth-order valence-corrected chi connectivity index (χ4v) is 4.13. The number of benzene rings is 3. The minimum atomic E-state index is -0.367. The van der Waals surface area contributed by atoms with Crippen LogP contribution in [-0.4, -0.2) is 17.4 Å². The molecule has 0 saturated heterocycles. The zero-order valence-corrected chi connectivity index (χ0v) is 16.4. The molecule has 1 aliphatic rings. The van der Waals surface area contributed by atoms with Crippen LogP contribution in [0.25, 0.3) is 10.8 Å². The van der Waals surface area contributed by atoms with Crippen molar-refractivity contribution in [3.8, 4) is 0 Å². The molecule has 0 radical (unpaired) electrons. The lowest BCUT2D eigenvalue weighted by molar-refractivity contribution is -0.142. The SMILES string of the molecule is CC(C)(C)C(=O)N1CCc2ccccc2C1Cc1ccc2ccccc2c1. The molecule has 0 aliphatic carbocycles. The summed E-state index contributed by atoms with van der Waals surface area (Å²) in [5.74, 6) is 0.239. The quantitative estimate of drug-likeness (QED) is 0.588. The zero-order chi connectivity index (χ0) is 19.0. The highest BCUT2D eigenvalue weighted by molar-refractivity contribution is 5.84. The van der Waals surface area contributed by atoms with E-state index in [0.717, 1.165) is 19.4 Å². The molecule has 0 fully saturated rings. The topological polar surface area (TPSA) is 20.3 Å². The van der Waals surface area contributed by atoms with Gasteiger partial charge in [0.25, 0.3) is 0 Å². The van der Waals surface area contributed by atoms with Crippen LogP contribution in [0.1, 0.15) is 43.5 Å². The zero-order valence-electron chi connectivity index (χ0n) is 16.4. The van der Waals surface area contributed by atoms with Crippen LogP contribution in [0, 0.1) is 5.41 Å². The van der Waals surface area contributed by atoms with Crippen molar-refractivity contribution in [1.82, 2.24) is 4.90 Å². The van der Waals surface area contributed by atoms with Crippen molar-refractivity contribution >= 4 is 16.7 Å². The van der Waals surface area contributed by atoms with Crippen LogP contribution < -0.4 is 0 Å². The monoisotopic (exact) mass is 357 g/mol. The highest BCUT2D eigenvalue weighted by Crippen LogP contribution is 2.35. The molecule has 4 rings (SSSR count). The van der Waals surface area contributed by atoms with Gasteiger partial charge >= 0.3 is 0 Å². The maximum atomic E-state index is 13.2. The standard InChI is InChI=1S/C25H27NO/c1-25(2,3)24(27)26-15-14-20-9-6-7-11-22(20)23(26)17-18-12-13-19-8-4-5-10-21(19)16-18/h4-13,16,23H,14-15,17H2,1-3H3. The Bertz CT molecular complexity index is 983. The largest absolute Gasteiger partial charge is 0.335 e. The Hall–Kier alpha value is -2.61. The van der Waals surface area contributed by atoms with E-state index in [1.165, 1.54) is 27.5 Å². The number of carbonyl (C=O) groups excluding carboxylic acids is 1. The number of rotatable bonds is 2. The van der Waals surface area contributed by atoms with E-state index in [4.69, 9.17) is 0 Å². The van der Waals surface area contributed by atoms with Gasteiger partial charge < -0.3 is 4.90 Å². The molecule has 0 bridgehead atoms. The molecular weight excluding hydrogens is 330 g/mol. The number of nitrogens with zero attached hydrogens (tertiary/aromatic N) is 1. The van der Waals surface area contributed by atoms with E-state index in [0.29, 0.717) is 0 Å². The van der Waals surface area contributed by atoms with Crippen LogP contribution in [0.2, 0.25) is 0 Å². The molecule has 1 amide bonds. The van der Waals surface area contributed by atoms with Gasteiger partial charge in [-0.2, -0.15) is 0 Å². The first-order valence-corrected chi connectivity index (χ1v) is 9.80. The molecule has 138 valence electrons. The van der Waals surface area contributed by atoms with E-state index in [2.05, 4.69) is 71.6 Å². The molecule has 3 aromatic rings. The summed E-state index contributed by atoms with van der Waals surface area (Å²) in [7, 11) is 0. The maximum absolute atomic E-state index is 13.2. The lowest BCUT2D eigenvalue weighted by atomic mass is 9.85. The number of carbonyl (C=O) groups is 1. The van der Waals surface area contributed by atoms with Gasteiger partial charge in [0.15, 0.2) is 0 Å². The van der Waals surface area contributed by atoms with Crippen LogP contribution >= 0.6 is 0 Å². The third-order valence-corrected chi connectivity index (χ3v) is 5.56. The van der Waals surface area contributed by atoms with E-state index >= 15 is 0 Å². The van der Waals surface area contributed by atoms with Crippen molar-refractivity contribution in [3.63, 3.8) is 0 Å². The van der Waals surface area contributed by atoms with Crippen LogP contribution in [0.4, 0.5) is 0 Å². The summed E-state index contributed by atoms with van der Waals surface area (Å²) >= 11 is 0. The van der Waals surface area contributed by atoms with Gasteiger partial charge in [0.2, 0.25) is 5.91 Å². The maximum Gasteiger partial charge on any atom is 0.228 e. The van der Waals surface area contributed by atoms with E-state index in [1.54, 1.807) is 0 Å². The van der Waals surface area contributed by atoms with Gasteiger partial charge in [0, 0.05) is 12.0 Å². The molecule has 1 unspecified atom stereocenters. The van der Waals surface area contributed by atoms with Gasteiger partial charge in [-0.05, 0) is 40.3 Å². The predicted octanol–water partition coefficient (Wildman–Crippen LogP) is 5.55. The minimum Gasteiger partial charge on any atom is -0.335 e. The van der Waals surface area contributed by atoms with Gasteiger partial charge in [0.1, 0.15) is 0 Å². The highest BCUT2D eigenvalue weighted by Gasteiger charge is 2.35. The Morgan fingerprint density at radius 1 is 0.963 bits per heavy atom. The average Bonchev–Trinajstić information content (AvgIpc) is 2.67. The van der Waals surface area contributed by atoms with Gasteiger partial charge in [-0.3, -0.25) is 4.79 Å². The van der Waals surface area contributed by atoms with Crippen molar-refractivity contribution < 1.29 is 4.79 Å². The molecule has 1 atom stereocenters. The fraction of sp³-hybridized carbons (Fsp3) is 0.320. The first-order chi connectivity index (χ1) is 12.9. The smallest absolute Gasteiger partial charge is 0.228 e. The molecule has 0 N–H and O–H groups in total. The Kier molecular flexibility index (Phi) is 4.51. The fourth-order valence-electron chi connectivity index (χ4n) is 4.13. The molecule has 2 heteroatoms. The second-order valence-corrected chi connectivity index (χ2v) is 8.60. The predicted molar refractivity (Wildman–Crippen MR) is 112 cm³/mol. The molecular formula is C25H27NO. The lowest BCUT2D eigenvalue weighted by Crippen LogP contribution is -2.46. The number of amides is 1. The van der Waals surface area contributed by atoms with Crippen molar-refractivity contribution in [2.45, 2.75) is 39.7 Å². The first kappa shape index (κ1) is 17.8. The van der Waals surface area contributed by atoms with Gasteiger partial charge in [-0.25, -0.2) is 0 Å². The number of fused-ring (bicyclic) bond motifs is 2. The first-order valence-electron chi connectivity index (χ1n) is 9.80. The van der Waals surface area contributed by atoms with Gasteiger partial charge in [-0.15, -0.1) is 0 Å². The van der Waals surface area contributed by atoms with Gasteiger partial charge in [0.05, 0.1) is 6.04 Å². The summed E-state index contributed by atoms with van der Waals surface area (Å²) in [4.78, 5) is 15.3. The van der Waals surface area contributed by atoms with E-state index < -0.39 is 0 Å². The number of hydrogen-bond acceptors (Lipinski definition) is 1. The van der Waals surface area contributed by atoms with E-state index in [-0.39, 0.29) is 17.4 Å². The second-order valence-electron chi connectivity index (χ2n) is 8.60. The third kappa shape index (κ3) is 3.49. The Balaban J connectivity index is 1.73. The van der Waals surface area contributed by atoms with Crippen LogP contribution in [0.15, 0.2) is 66.7 Å². The summed E-state index contributed by atoms with van der Waals surface area (Å²) < 4.78 is 0. The van der Waals surface area contributed by atoms with Crippen molar-refractivity contribution in [2.75, 3.05) is 6.54 Å². The average molecular weight is 357 g/mol. The van der Waals surface area contributed by atoms with Crippen molar-refractivity contribution in [2.24, 2.45) is 5.41 Å². The summed E-state index contributed by atoms with van der Waals surface area (Å²) in [6.07, 6.45) is 1.79. The second kappa shape index (κ2) is 6.84. The van der Waals surface area contributed by atoms with Gasteiger partial charge in [-0.1, -0.05) is 87.5 Å². The molecule has 27 heavy (non-hydrogen) atoms. The summed E-state index contributed by atoms with van der Waals surface area (Å²) in [6.45, 7) is 6.85. The van der Waals surface area contributed by atoms with Crippen LogP contribution in [0.3, 0.4) is 0 Å². The normalized spacial score (nSPS) is 17.0. The Morgan fingerprint density at radius 3 is 2.44 bits per heavy atom. The molecule has 1 aliphatic heterocycles. The molecule has 0 aromatic heterocycles. The third-order valence-electron chi connectivity index (χ3n) is 5.56. The summed E-state index contributed by atoms with van der Waals surface area (Å²) in [6, 6.07) is 23.8. The molecule has 2 nitrogen and oxygen atoms in total. The Labute approximate surface area is 161 Å². The minimum absolute atomic E-state index is 0.0998. The van der Waals surface area contributed by atoms with Crippen LogP contribution in [-0.2, 0) is 17.6 Å². The molecule has 0 spiro atoms. The molecule has 1 heterocycles. The lowest BCUT2D eigenvalue weighted by Gasteiger charge is -2.40. The highest BCUT2D eigenvalue weighted by atomic mass is 16.2. The van der Waals surface area contributed by atoms with Crippen molar-refractivity contribution in [1.29, 1.82) is 0 Å². The summed E-state index contributed by atoms with van der Waals surface area (Å²) in [5.41, 5.74) is 3.59. The van der Waals surface area contributed by atoms with Crippen LogP contribution in [0.5, 0.6) is 0 Å². The number of hydrogen-bond donors (Lipinski definition) is 0. The van der Waals surface area contributed by atoms with E-state index in [1.807, 2.05) is 20.8 Å². The molecule has 0 saturated carbocycles. The summed E-state index contributed by atoms with van der Waals surface area (Å²) in [5, 5.41) is 2.51.